The van der Waals surface area contributed by atoms with Crippen molar-refractivity contribution in [3.63, 3.8) is 0 Å². The minimum atomic E-state index is 0.624. The zero-order valence-corrected chi connectivity index (χ0v) is 13.7. The maximum absolute atomic E-state index is 7.49. The Balaban J connectivity index is 1.90. The van der Waals surface area contributed by atoms with Gasteiger partial charge in [0.2, 0.25) is 0 Å². The van der Waals surface area contributed by atoms with Crippen LogP contribution in [-0.2, 0) is 0 Å². The van der Waals surface area contributed by atoms with Crippen LogP contribution in [0.25, 0.3) is 16.6 Å². The van der Waals surface area contributed by atoms with Crippen molar-refractivity contribution < 1.29 is 0 Å². The van der Waals surface area contributed by atoms with E-state index in [1.165, 1.54) is 24.6 Å². The van der Waals surface area contributed by atoms with Gasteiger partial charge < -0.3 is 15.6 Å². The van der Waals surface area contributed by atoms with E-state index in [2.05, 4.69) is 45.4 Å². The summed E-state index contributed by atoms with van der Waals surface area (Å²) in [7, 11) is 4.00. The summed E-state index contributed by atoms with van der Waals surface area (Å²) >= 11 is 0. The number of nitrogens with one attached hydrogen (secondary N) is 2. The van der Waals surface area contributed by atoms with Gasteiger partial charge in [0, 0.05) is 25.0 Å². The molecule has 0 radical (unpaired) electrons. The fraction of sp³-hybridized carbons (Fsp3) is 0.389. The van der Waals surface area contributed by atoms with E-state index in [4.69, 9.17) is 5.41 Å². The Labute approximate surface area is 137 Å². The summed E-state index contributed by atoms with van der Waals surface area (Å²) in [5.74, 6) is 0.624. The summed E-state index contributed by atoms with van der Waals surface area (Å²) < 4.78 is 0. The summed E-state index contributed by atoms with van der Waals surface area (Å²) in [6, 6.07) is 6.41. The molecular weight excluding hydrogens is 286 g/mol. The Bertz CT molecular complexity index is 729. The van der Waals surface area contributed by atoms with E-state index in [-0.39, 0.29) is 0 Å². The van der Waals surface area contributed by atoms with Gasteiger partial charge in [-0.1, -0.05) is 6.07 Å². The normalized spacial score (nSPS) is 17.4. The van der Waals surface area contributed by atoms with Crippen molar-refractivity contribution >= 4 is 22.8 Å². The van der Waals surface area contributed by atoms with Gasteiger partial charge >= 0.3 is 0 Å². The highest BCUT2D eigenvalue weighted by Gasteiger charge is 2.18. The molecule has 23 heavy (non-hydrogen) atoms. The topological polar surface area (TPSA) is 64.9 Å². The summed E-state index contributed by atoms with van der Waals surface area (Å²) in [6.45, 7) is 2.32. The number of hydrogen-bond acceptors (Lipinski definition) is 5. The Hall–Kier alpha value is -2.27. The lowest BCUT2D eigenvalue weighted by Crippen LogP contribution is -2.29. The van der Waals surface area contributed by atoms with E-state index in [0.717, 1.165) is 29.7 Å². The highest BCUT2D eigenvalue weighted by Crippen LogP contribution is 2.29. The third-order valence-corrected chi connectivity index (χ3v) is 4.51. The number of aromatic nitrogens is 2. The van der Waals surface area contributed by atoms with Crippen LogP contribution in [0.4, 0.5) is 0 Å². The lowest BCUT2D eigenvalue weighted by atomic mass is 9.89. The van der Waals surface area contributed by atoms with Crippen molar-refractivity contribution in [1.82, 2.24) is 20.2 Å². The smallest absolute Gasteiger partial charge is 0.0922 e. The summed E-state index contributed by atoms with van der Waals surface area (Å²) in [5, 5.41) is 10.4. The van der Waals surface area contributed by atoms with Crippen molar-refractivity contribution in [2.75, 3.05) is 27.2 Å². The lowest BCUT2D eigenvalue weighted by molar-refractivity contribution is 0.255. The highest BCUT2D eigenvalue weighted by molar-refractivity contribution is 6.07. The average Bonchev–Trinajstić information content (AvgIpc) is 2.59. The van der Waals surface area contributed by atoms with Crippen molar-refractivity contribution in [3.05, 3.63) is 41.9 Å². The Morgan fingerprint density at radius 2 is 2.09 bits per heavy atom. The molecule has 2 heterocycles. The zero-order chi connectivity index (χ0) is 16.2. The van der Waals surface area contributed by atoms with Crippen LogP contribution in [0.1, 0.15) is 30.0 Å². The summed E-state index contributed by atoms with van der Waals surface area (Å²) in [5.41, 5.74) is 4.61. The van der Waals surface area contributed by atoms with Crippen LogP contribution in [0.3, 0.4) is 0 Å². The molecule has 0 spiro atoms. The van der Waals surface area contributed by atoms with E-state index in [9.17, 15) is 0 Å². The molecule has 120 valence electrons. The van der Waals surface area contributed by atoms with Crippen molar-refractivity contribution in [2.45, 2.75) is 18.8 Å². The minimum absolute atomic E-state index is 0.624. The maximum Gasteiger partial charge on any atom is 0.0922 e. The molecule has 1 saturated heterocycles. The fourth-order valence-electron chi connectivity index (χ4n) is 3.11. The number of piperidine rings is 1. The van der Waals surface area contributed by atoms with Gasteiger partial charge in [-0.3, -0.25) is 4.98 Å². The molecular formula is C18H23N5. The molecule has 3 rings (SSSR count). The van der Waals surface area contributed by atoms with E-state index in [0.29, 0.717) is 11.6 Å². The average molecular weight is 309 g/mol. The Kier molecular flexibility index (Phi) is 4.67. The number of rotatable bonds is 4. The maximum atomic E-state index is 7.49. The molecule has 0 amide bonds. The second-order valence-electron chi connectivity index (χ2n) is 6.11. The Morgan fingerprint density at radius 1 is 1.30 bits per heavy atom. The quantitative estimate of drug-likeness (QED) is 0.852. The molecule has 5 heteroatoms. The van der Waals surface area contributed by atoms with Gasteiger partial charge in [-0.05, 0) is 56.6 Å². The van der Waals surface area contributed by atoms with E-state index >= 15 is 0 Å². The van der Waals surface area contributed by atoms with Gasteiger partial charge in [-0.25, -0.2) is 4.98 Å². The molecule has 0 saturated carbocycles. The molecule has 1 aliphatic rings. The first-order valence-electron chi connectivity index (χ1n) is 8.05. The SMILES string of the molecule is CN/C=C(\C=N)c1cnc2cc(C3CCN(C)CC3)ccc2n1. The third-order valence-electron chi connectivity index (χ3n) is 4.51. The van der Waals surface area contributed by atoms with Crippen LogP contribution >= 0.6 is 0 Å². The summed E-state index contributed by atoms with van der Waals surface area (Å²) in [4.78, 5) is 11.6. The third kappa shape index (κ3) is 3.40. The van der Waals surface area contributed by atoms with Gasteiger partial charge in [-0.2, -0.15) is 0 Å². The van der Waals surface area contributed by atoms with Gasteiger partial charge in [0.05, 0.1) is 22.9 Å². The van der Waals surface area contributed by atoms with Gasteiger partial charge in [0.1, 0.15) is 0 Å². The van der Waals surface area contributed by atoms with Crippen LogP contribution in [0.5, 0.6) is 0 Å². The molecule has 1 aromatic heterocycles. The molecule has 5 nitrogen and oxygen atoms in total. The highest BCUT2D eigenvalue weighted by atomic mass is 15.1. The Morgan fingerprint density at radius 3 is 2.78 bits per heavy atom. The van der Waals surface area contributed by atoms with Crippen molar-refractivity contribution in [2.24, 2.45) is 0 Å². The molecule has 2 N–H and O–H groups in total. The first-order valence-corrected chi connectivity index (χ1v) is 8.05. The molecule has 1 fully saturated rings. The van der Waals surface area contributed by atoms with Crippen LogP contribution in [0.15, 0.2) is 30.6 Å². The molecule has 2 aromatic rings. The second kappa shape index (κ2) is 6.87. The predicted octanol–water partition coefficient (Wildman–Crippen LogP) is 2.65. The monoisotopic (exact) mass is 309 g/mol. The van der Waals surface area contributed by atoms with E-state index < -0.39 is 0 Å². The number of hydrogen-bond donors (Lipinski definition) is 2. The standard InChI is InChI=1S/C18H23N5/c1-20-11-15(10-19)18-12-21-17-9-14(3-4-16(17)22-18)13-5-7-23(2)8-6-13/h3-4,9-13,19-20H,5-8H2,1-2H3/b15-11+,19-10?. The van der Waals surface area contributed by atoms with Crippen molar-refractivity contribution in [1.29, 1.82) is 5.41 Å². The molecule has 0 aliphatic carbocycles. The first kappa shape index (κ1) is 15.6. The van der Waals surface area contributed by atoms with E-state index in [1.54, 1.807) is 12.4 Å². The van der Waals surface area contributed by atoms with Gasteiger partial charge in [-0.15, -0.1) is 0 Å². The fourth-order valence-corrected chi connectivity index (χ4v) is 3.11. The minimum Gasteiger partial charge on any atom is -0.393 e. The van der Waals surface area contributed by atoms with Crippen molar-refractivity contribution in [3.8, 4) is 0 Å². The lowest BCUT2D eigenvalue weighted by Gasteiger charge is -2.29. The largest absolute Gasteiger partial charge is 0.393 e. The molecule has 1 aliphatic heterocycles. The molecule has 0 unspecified atom stereocenters. The molecule has 0 bridgehead atoms. The summed E-state index contributed by atoms with van der Waals surface area (Å²) in [6.07, 6.45) is 7.21. The number of allylic oxidation sites excluding steroid dienone is 1. The van der Waals surface area contributed by atoms with Gasteiger partial charge in [0.25, 0.3) is 0 Å². The molecule has 0 atom stereocenters. The molecule has 1 aromatic carbocycles. The first-order chi connectivity index (χ1) is 11.2. The number of benzene rings is 1. The van der Waals surface area contributed by atoms with Crippen LogP contribution in [0, 0.1) is 5.41 Å². The number of nitrogens with zero attached hydrogens (tertiary/aromatic N) is 3. The number of fused-ring (bicyclic) bond motifs is 1. The zero-order valence-electron chi connectivity index (χ0n) is 13.7. The second-order valence-corrected chi connectivity index (χ2v) is 6.11. The van der Waals surface area contributed by atoms with E-state index in [1.807, 2.05) is 7.05 Å². The number of likely N-dealkylation sites (tertiary alicyclic amines) is 1. The van der Waals surface area contributed by atoms with Gasteiger partial charge in [0.15, 0.2) is 0 Å². The predicted molar refractivity (Wildman–Crippen MR) is 94.8 cm³/mol. The van der Waals surface area contributed by atoms with Crippen LogP contribution in [-0.4, -0.2) is 48.3 Å². The van der Waals surface area contributed by atoms with Crippen LogP contribution in [0.2, 0.25) is 0 Å². The van der Waals surface area contributed by atoms with Crippen LogP contribution < -0.4 is 5.32 Å².